The molecule has 3 unspecified atom stereocenters. The topological polar surface area (TPSA) is 252 Å². The molecule has 3 amide bonds. The summed E-state index contributed by atoms with van der Waals surface area (Å²) in [6.07, 6.45) is -0.179. The number of aliphatic imine (C=N–C) groups is 1. The van der Waals surface area contributed by atoms with Crippen LogP contribution in [0.3, 0.4) is 0 Å². The number of carbonyl (C=O) groups is 5. The third-order valence-corrected chi connectivity index (χ3v) is 4.91. The number of benzene rings is 1. The lowest BCUT2D eigenvalue weighted by Crippen LogP contribution is -2.56. The molecule has 11 N–H and O–H groups in total. The number of hydrogen-bond donors (Lipinski definition) is 8. The molecule has 0 radical (unpaired) electrons. The molecule has 1 rings (SSSR count). The lowest BCUT2D eigenvalue weighted by Gasteiger charge is -2.24. The van der Waals surface area contributed by atoms with Crippen molar-refractivity contribution < 1.29 is 34.2 Å². The van der Waals surface area contributed by atoms with E-state index < -0.39 is 60.8 Å². The molecule has 0 saturated heterocycles. The zero-order valence-corrected chi connectivity index (χ0v) is 19.7. The fourth-order valence-electron chi connectivity index (χ4n) is 3.11. The van der Waals surface area contributed by atoms with Crippen LogP contribution in [-0.2, 0) is 30.4 Å². The average Bonchev–Trinajstić information content (AvgIpc) is 2.82. The van der Waals surface area contributed by atoms with Gasteiger partial charge < -0.3 is 43.4 Å². The number of nitrogens with one attached hydrogen (secondary N) is 3. The van der Waals surface area contributed by atoms with E-state index in [0.29, 0.717) is 0 Å². The first-order valence-corrected chi connectivity index (χ1v) is 11.2. The highest BCUT2D eigenvalue weighted by atomic mass is 16.4. The summed E-state index contributed by atoms with van der Waals surface area (Å²) >= 11 is 0. The Kier molecular flexibility index (Phi) is 13.0. The van der Waals surface area contributed by atoms with Gasteiger partial charge in [0.1, 0.15) is 18.6 Å². The van der Waals surface area contributed by atoms with Crippen molar-refractivity contribution in [3.63, 3.8) is 0 Å². The van der Waals surface area contributed by atoms with Crippen molar-refractivity contribution in [2.24, 2.45) is 22.2 Å². The van der Waals surface area contributed by atoms with E-state index >= 15 is 0 Å². The molecule has 14 heteroatoms. The van der Waals surface area contributed by atoms with Gasteiger partial charge in [0.25, 0.3) is 0 Å². The number of rotatable bonds is 16. The third-order valence-electron chi connectivity index (χ3n) is 4.91. The van der Waals surface area contributed by atoms with Crippen LogP contribution in [0.15, 0.2) is 35.3 Å². The van der Waals surface area contributed by atoms with Crippen LogP contribution < -0.4 is 33.2 Å². The highest BCUT2D eigenvalue weighted by Gasteiger charge is 2.28. The van der Waals surface area contributed by atoms with Gasteiger partial charge in [-0.2, -0.15) is 0 Å². The molecule has 3 atom stereocenters. The fourth-order valence-corrected chi connectivity index (χ4v) is 3.11. The summed E-state index contributed by atoms with van der Waals surface area (Å²) in [5.41, 5.74) is 17.4. The maximum Gasteiger partial charge on any atom is 0.322 e. The monoisotopic (exact) mass is 507 g/mol. The molecule has 0 aromatic heterocycles. The summed E-state index contributed by atoms with van der Waals surface area (Å²) in [7, 11) is 0. The predicted molar refractivity (Wildman–Crippen MR) is 129 cm³/mol. The van der Waals surface area contributed by atoms with Gasteiger partial charge in [-0.25, -0.2) is 0 Å². The van der Waals surface area contributed by atoms with Crippen molar-refractivity contribution in [1.29, 1.82) is 0 Å². The van der Waals surface area contributed by atoms with Gasteiger partial charge in [0.15, 0.2) is 5.96 Å². The molecule has 0 saturated carbocycles. The number of guanidine groups is 1. The minimum atomic E-state index is -1.34. The first-order chi connectivity index (χ1) is 17.0. The van der Waals surface area contributed by atoms with E-state index in [9.17, 15) is 24.0 Å². The molecule has 0 heterocycles. The zero-order valence-electron chi connectivity index (χ0n) is 19.7. The lowest BCUT2D eigenvalue weighted by molar-refractivity contribution is -0.140. The van der Waals surface area contributed by atoms with Crippen LogP contribution in [0.4, 0.5) is 0 Å². The first-order valence-electron chi connectivity index (χ1n) is 11.2. The van der Waals surface area contributed by atoms with E-state index in [1.165, 1.54) is 0 Å². The SMILES string of the molecule is NC(N)=NCCCC(NC(=O)C(N)Cc1ccccc1)C(=O)NC(CCC(=O)O)C(=O)NCC(=O)O. The van der Waals surface area contributed by atoms with Crippen LogP contribution in [0.1, 0.15) is 31.2 Å². The molecule has 36 heavy (non-hydrogen) atoms. The fraction of sp³-hybridized carbons (Fsp3) is 0.455. The number of nitrogens with zero attached hydrogens (tertiary/aromatic N) is 1. The van der Waals surface area contributed by atoms with Gasteiger partial charge in [0, 0.05) is 13.0 Å². The second kappa shape index (κ2) is 15.7. The van der Waals surface area contributed by atoms with E-state index in [4.69, 9.17) is 27.4 Å². The Morgan fingerprint density at radius 2 is 1.47 bits per heavy atom. The van der Waals surface area contributed by atoms with Gasteiger partial charge in [0.05, 0.1) is 6.04 Å². The molecular weight excluding hydrogens is 474 g/mol. The van der Waals surface area contributed by atoms with Crippen LogP contribution in [0.25, 0.3) is 0 Å². The van der Waals surface area contributed by atoms with Gasteiger partial charge in [-0.15, -0.1) is 0 Å². The quantitative estimate of drug-likeness (QED) is 0.0671. The smallest absolute Gasteiger partial charge is 0.322 e. The number of nitrogens with two attached hydrogens (primary N) is 3. The van der Waals surface area contributed by atoms with Gasteiger partial charge in [-0.05, 0) is 31.2 Å². The van der Waals surface area contributed by atoms with Crippen molar-refractivity contribution in [2.45, 2.75) is 50.2 Å². The minimum absolute atomic E-state index is 0.0782. The second-order valence-electron chi connectivity index (χ2n) is 7.91. The number of aliphatic carboxylic acids is 2. The van der Waals surface area contributed by atoms with E-state index in [-0.39, 0.29) is 38.2 Å². The van der Waals surface area contributed by atoms with Crippen molar-refractivity contribution in [1.82, 2.24) is 16.0 Å². The third kappa shape index (κ3) is 12.3. The normalized spacial score (nSPS) is 12.9. The minimum Gasteiger partial charge on any atom is -0.481 e. The molecule has 198 valence electrons. The Hall–Kier alpha value is -4.20. The van der Waals surface area contributed by atoms with Crippen LogP contribution >= 0.6 is 0 Å². The highest BCUT2D eigenvalue weighted by molar-refractivity contribution is 5.93. The Morgan fingerprint density at radius 1 is 0.861 bits per heavy atom. The van der Waals surface area contributed by atoms with Crippen LogP contribution in [-0.4, -0.2) is 77.0 Å². The summed E-state index contributed by atoms with van der Waals surface area (Å²) in [4.78, 5) is 63.6. The molecule has 0 aliphatic rings. The number of hydrogen-bond acceptors (Lipinski definition) is 7. The molecule has 1 aromatic rings. The van der Waals surface area contributed by atoms with E-state index in [2.05, 4.69) is 20.9 Å². The number of amides is 3. The maximum absolute atomic E-state index is 13.0. The number of carboxylic acid groups (broad SMARTS) is 2. The Labute approximate surface area is 207 Å². The highest BCUT2D eigenvalue weighted by Crippen LogP contribution is 2.06. The van der Waals surface area contributed by atoms with E-state index in [1.807, 2.05) is 6.07 Å². The summed E-state index contributed by atoms with van der Waals surface area (Å²) in [5.74, 6) is -4.94. The molecule has 0 aliphatic carbocycles. The van der Waals surface area contributed by atoms with Gasteiger partial charge in [0.2, 0.25) is 17.7 Å². The summed E-state index contributed by atoms with van der Waals surface area (Å²) in [5, 5.41) is 24.8. The largest absolute Gasteiger partial charge is 0.481 e. The lowest BCUT2D eigenvalue weighted by atomic mass is 10.0. The standard InChI is InChI=1S/C22H33N7O7/c23-14(11-13-5-2-1-3-6-13)19(34)28-15(7-4-10-26-22(24)25)21(36)29-16(8-9-17(30)31)20(35)27-12-18(32)33/h1-3,5-6,14-16H,4,7-12,23H2,(H,27,35)(H,28,34)(H,29,36)(H,30,31)(H,32,33)(H4,24,25,26). The summed E-state index contributed by atoms with van der Waals surface area (Å²) in [6, 6.07) is 5.56. The van der Waals surface area contributed by atoms with Crippen LogP contribution in [0.2, 0.25) is 0 Å². The van der Waals surface area contributed by atoms with Crippen molar-refractivity contribution in [3.05, 3.63) is 35.9 Å². The average molecular weight is 508 g/mol. The van der Waals surface area contributed by atoms with Crippen LogP contribution in [0, 0.1) is 0 Å². The molecular formula is C22H33N7O7. The Morgan fingerprint density at radius 3 is 2.06 bits per heavy atom. The maximum atomic E-state index is 13.0. The van der Waals surface area contributed by atoms with Crippen molar-refractivity contribution in [2.75, 3.05) is 13.1 Å². The van der Waals surface area contributed by atoms with Gasteiger partial charge in [-0.3, -0.25) is 29.0 Å². The summed E-state index contributed by atoms with van der Waals surface area (Å²) in [6.45, 7) is -0.551. The van der Waals surface area contributed by atoms with E-state index in [1.54, 1.807) is 24.3 Å². The Bertz CT molecular complexity index is 936. The Balaban J connectivity index is 2.94. The zero-order chi connectivity index (χ0) is 27.1. The van der Waals surface area contributed by atoms with E-state index in [0.717, 1.165) is 5.56 Å². The van der Waals surface area contributed by atoms with Crippen LogP contribution in [0.5, 0.6) is 0 Å². The number of carboxylic acids is 2. The predicted octanol–water partition coefficient (Wildman–Crippen LogP) is -2.35. The first kappa shape index (κ1) is 29.8. The molecule has 0 fully saturated rings. The van der Waals surface area contributed by atoms with Crippen molar-refractivity contribution >= 4 is 35.6 Å². The van der Waals surface area contributed by atoms with Crippen molar-refractivity contribution in [3.8, 4) is 0 Å². The molecule has 0 spiro atoms. The molecule has 0 bridgehead atoms. The summed E-state index contributed by atoms with van der Waals surface area (Å²) < 4.78 is 0. The van der Waals surface area contributed by atoms with Gasteiger partial charge in [-0.1, -0.05) is 30.3 Å². The van der Waals surface area contributed by atoms with Gasteiger partial charge >= 0.3 is 11.9 Å². The molecule has 1 aromatic carbocycles. The second-order valence-corrected chi connectivity index (χ2v) is 7.91. The molecule has 0 aliphatic heterocycles. The number of carbonyl (C=O) groups excluding carboxylic acids is 3. The molecule has 14 nitrogen and oxygen atoms in total.